The van der Waals surface area contributed by atoms with Crippen LogP contribution in [0.15, 0.2) is 47.8 Å². The van der Waals surface area contributed by atoms with Crippen LogP contribution in [-0.2, 0) is 9.59 Å². The lowest BCUT2D eigenvalue weighted by molar-refractivity contribution is -0.120. The van der Waals surface area contributed by atoms with Gasteiger partial charge in [0.15, 0.2) is 5.13 Å². The van der Waals surface area contributed by atoms with Gasteiger partial charge in [0.1, 0.15) is 5.75 Å². The maximum atomic E-state index is 12.6. The largest absolute Gasteiger partial charge is 0.496 e. The van der Waals surface area contributed by atoms with Crippen LogP contribution in [0.25, 0.3) is 11.3 Å². The maximum absolute atomic E-state index is 12.6. The van der Waals surface area contributed by atoms with Crippen LogP contribution in [0.5, 0.6) is 5.75 Å². The van der Waals surface area contributed by atoms with Gasteiger partial charge in [-0.05, 0) is 36.8 Å². The summed E-state index contributed by atoms with van der Waals surface area (Å²) in [5, 5.41) is 8.57. The third-order valence-corrected chi connectivity index (χ3v) is 5.43. The molecule has 0 aliphatic heterocycles. The van der Waals surface area contributed by atoms with Gasteiger partial charge in [-0.2, -0.15) is 0 Å². The van der Waals surface area contributed by atoms with Crippen LogP contribution in [0.4, 0.5) is 5.13 Å². The second-order valence-electron chi connectivity index (χ2n) is 6.80. The zero-order chi connectivity index (χ0) is 21.7. The van der Waals surface area contributed by atoms with Gasteiger partial charge in [0, 0.05) is 22.9 Å². The summed E-state index contributed by atoms with van der Waals surface area (Å²) in [6.07, 6.45) is 0.0733. The van der Waals surface area contributed by atoms with Crippen molar-refractivity contribution in [3.8, 4) is 17.0 Å². The number of aromatic nitrogens is 1. The zero-order valence-electron chi connectivity index (χ0n) is 16.9. The fourth-order valence-corrected chi connectivity index (χ4v) is 3.88. The molecule has 3 rings (SSSR count). The number of nitrogens with zero attached hydrogens (tertiary/aromatic N) is 1. The lowest BCUT2D eigenvalue weighted by Crippen LogP contribution is -2.29. The number of benzene rings is 2. The summed E-state index contributed by atoms with van der Waals surface area (Å²) >= 11 is 7.27. The van der Waals surface area contributed by atoms with Gasteiger partial charge in [-0.3, -0.25) is 9.59 Å². The van der Waals surface area contributed by atoms with Crippen molar-refractivity contribution in [3.05, 3.63) is 64.0 Å². The van der Waals surface area contributed by atoms with E-state index in [-0.39, 0.29) is 18.2 Å². The van der Waals surface area contributed by atoms with E-state index in [1.54, 1.807) is 31.4 Å². The van der Waals surface area contributed by atoms with Gasteiger partial charge in [-0.25, -0.2) is 4.98 Å². The van der Waals surface area contributed by atoms with E-state index in [1.165, 1.54) is 18.3 Å². The van der Waals surface area contributed by atoms with Crippen molar-refractivity contribution in [2.75, 3.05) is 12.4 Å². The van der Waals surface area contributed by atoms with Gasteiger partial charge < -0.3 is 15.4 Å². The predicted molar refractivity (Wildman–Crippen MR) is 120 cm³/mol. The first-order valence-electron chi connectivity index (χ1n) is 9.28. The van der Waals surface area contributed by atoms with Gasteiger partial charge in [-0.1, -0.05) is 35.4 Å². The summed E-state index contributed by atoms with van der Waals surface area (Å²) in [6, 6.07) is 12.4. The van der Waals surface area contributed by atoms with Crippen LogP contribution in [-0.4, -0.2) is 23.9 Å². The van der Waals surface area contributed by atoms with Crippen LogP contribution < -0.4 is 15.4 Å². The van der Waals surface area contributed by atoms with E-state index in [9.17, 15) is 9.59 Å². The van der Waals surface area contributed by atoms with Crippen LogP contribution in [0.2, 0.25) is 5.02 Å². The number of ether oxygens (including phenoxy) is 1. The second-order valence-corrected chi connectivity index (χ2v) is 8.09. The summed E-state index contributed by atoms with van der Waals surface area (Å²) in [4.78, 5) is 28.7. The van der Waals surface area contributed by atoms with Crippen molar-refractivity contribution in [2.24, 2.45) is 0 Å². The Morgan fingerprint density at radius 3 is 2.60 bits per heavy atom. The van der Waals surface area contributed by atoms with Crippen LogP contribution in [0.3, 0.4) is 0 Å². The van der Waals surface area contributed by atoms with Gasteiger partial charge in [-0.15, -0.1) is 11.3 Å². The maximum Gasteiger partial charge on any atom is 0.228 e. The van der Waals surface area contributed by atoms with Crippen molar-refractivity contribution in [3.63, 3.8) is 0 Å². The summed E-state index contributed by atoms with van der Waals surface area (Å²) in [5.41, 5.74) is 3.48. The fourth-order valence-electron chi connectivity index (χ4n) is 3.03. The minimum atomic E-state index is -0.462. The van der Waals surface area contributed by atoms with Crippen LogP contribution in [0.1, 0.15) is 30.5 Å². The van der Waals surface area contributed by atoms with E-state index >= 15 is 0 Å². The molecule has 0 saturated heterocycles. The molecule has 8 heteroatoms. The number of methoxy groups -OCH3 is 1. The molecule has 0 aliphatic carbocycles. The minimum Gasteiger partial charge on any atom is -0.496 e. The van der Waals surface area contributed by atoms with E-state index in [0.717, 1.165) is 28.1 Å². The minimum absolute atomic E-state index is 0.0733. The van der Waals surface area contributed by atoms with Gasteiger partial charge >= 0.3 is 0 Å². The molecule has 6 nitrogen and oxygen atoms in total. The molecule has 156 valence electrons. The molecule has 1 unspecified atom stereocenters. The monoisotopic (exact) mass is 443 g/mol. The molecule has 2 N–H and O–H groups in total. The van der Waals surface area contributed by atoms with Crippen molar-refractivity contribution in [1.82, 2.24) is 10.3 Å². The smallest absolute Gasteiger partial charge is 0.228 e. The van der Waals surface area contributed by atoms with Crippen molar-refractivity contribution in [1.29, 1.82) is 0 Å². The standard InChI is InChI=1S/C22H22ClN3O3S/c1-13-4-9-20(29-3)17(10-13)19-12-30-22(25-19)26-21(28)11-18(24-14(2)27)15-5-7-16(23)8-6-15/h4-10,12,18H,11H2,1-3H3,(H,24,27)(H,25,26,28). The van der Waals surface area contributed by atoms with E-state index in [2.05, 4.69) is 15.6 Å². The van der Waals surface area contributed by atoms with Crippen LogP contribution >= 0.6 is 22.9 Å². The molecule has 0 aliphatic rings. The second kappa shape index (κ2) is 9.73. The Bertz CT molecular complexity index is 1050. The van der Waals surface area contributed by atoms with Crippen molar-refractivity contribution < 1.29 is 14.3 Å². The fraction of sp³-hybridized carbons (Fsp3) is 0.227. The van der Waals surface area contributed by atoms with Gasteiger partial charge in [0.05, 0.1) is 25.3 Å². The molecular formula is C22H22ClN3O3S. The normalized spacial score (nSPS) is 11.6. The van der Waals surface area contributed by atoms with E-state index < -0.39 is 6.04 Å². The first kappa shape index (κ1) is 21.8. The number of nitrogens with one attached hydrogen (secondary N) is 2. The molecular weight excluding hydrogens is 422 g/mol. The Morgan fingerprint density at radius 1 is 1.20 bits per heavy atom. The van der Waals surface area contributed by atoms with Gasteiger partial charge in [0.25, 0.3) is 0 Å². The molecule has 2 amide bonds. The SMILES string of the molecule is COc1ccc(C)cc1-c1csc(NC(=O)CC(NC(C)=O)c2ccc(Cl)cc2)n1. The summed E-state index contributed by atoms with van der Waals surface area (Å²) in [5.74, 6) is 0.254. The molecule has 30 heavy (non-hydrogen) atoms. The molecule has 0 radical (unpaired) electrons. The highest BCUT2D eigenvalue weighted by molar-refractivity contribution is 7.14. The Labute approximate surface area is 184 Å². The van der Waals surface area contributed by atoms with Crippen molar-refractivity contribution >= 4 is 39.9 Å². The summed E-state index contributed by atoms with van der Waals surface area (Å²) in [6.45, 7) is 3.42. The Morgan fingerprint density at radius 2 is 1.93 bits per heavy atom. The first-order chi connectivity index (χ1) is 14.4. The third-order valence-electron chi connectivity index (χ3n) is 4.42. The lowest BCUT2D eigenvalue weighted by atomic mass is 10.0. The summed E-state index contributed by atoms with van der Waals surface area (Å²) in [7, 11) is 1.61. The molecule has 1 heterocycles. The highest BCUT2D eigenvalue weighted by atomic mass is 35.5. The number of rotatable bonds is 7. The van der Waals surface area contributed by atoms with Gasteiger partial charge in [0.2, 0.25) is 11.8 Å². The number of hydrogen-bond acceptors (Lipinski definition) is 5. The third kappa shape index (κ3) is 5.58. The molecule has 3 aromatic rings. The topological polar surface area (TPSA) is 80.3 Å². The number of amides is 2. The number of anilines is 1. The Kier molecular flexibility index (Phi) is 7.07. The highest BCUT2D eigenvalue weighted by Gasteiger charge is 2.19. The molecule has 0 fully saturated rings. The van der Waals surface area contributed by atoms with E-state index in [4.69, 9.17) is 16.3 Å². The highest BCUT2D eigenvalue weighted by Crippen LogP contribution is 2.33. The zero-order valence-corrected chi connectivity index (χ0v) is 18.4. The average Bonchev–Trinajstić information content (AvgIpc) is 3.16. The first-order valence-corrected chi connectivity index (χ1v) is 10.5. The Balaban J connectivity index is 1.73. The molecule has 0 saturated carbocycles. The van der Waals surface area contributed by atoms with E-state index in [1.807, 2.05) is 30.5 Å². The number of thiazole rings is 1. The number of hydrogen-bond donors (Lipinski definition) is 2. The molecule has 1 aromatic heterocycles. The molecule has 0 bridgehead atoms. The lowest BCUT2D eigenvalue weighted by Gasteiger charge is -2.17. The molecule has 0 spiro atoms. The number of carbonyl (C=O) groups is 2. The molecule has 2 aromatic carbocycles. The number of halogens is 1. The van der Waals surface area contributed by atoms with Crippen LogP contribution in [0, 0.1) is 6.92 Å². The number of carbonyl (C=O) groups excluding carboxylic acids is 2. The number of aryl methyl sites for hydroxylation is 1. The summed E-state index contributed by atoms with van der Waals surface area (Å²) < 4.78 is 5.42. The average molecular weight is 444 g/mol. The van der Waals surface area contributed by atoms with Crippen molar-refractivity contribution in [2.45, 2.75) is 26.3 Å². The quantitative estimate of drug-likeness (QED) is 0.539. The van der Waals surface area contributed by atoms with E-state index in [0.29, 0.717) is 10.2 Å². The predicted octanol–water partition coefficient (Wildman–Crippen LogP) is 4.99. The Hall–Kier alpha value is -2.90. The molecule has 1 atom stereocenters.